The van der Waals surface area contributed by atoms with Crippen LogP contribution in [-0.4, -0.2) is 54.4 Å². The van der Waals surface area contributed by atoms with Gasteiger partial charge in [-0.2, -0.15) is 0 Å². The SMILES string of the molecule is COCCC(N)C(=O)N1CCCC(C)(O)CC1. The first-order chi connectivity index (χ1) is 7.96. The number of nitrogens with two attached hydrogens (primary N) is 1. The summed E-state index contributed by atoms with van der Waals surface area (Å²) in [4.78, 5) is 13.8. The number of carbonyl (C=O) groups excluding carboxylic acids is 1. The van der Waals surface area contributed by atoms with E-state index in [-0.39, 0.29) is 5.91 Å². The van der Waals surface area contributed by atoms with Crippen LogP contribution in [0.2, 0.25) is 0 Å². The Labute approximate surface area is 103 Å². The van der Waals surface area contributed by atoms with Gasteiger partial charge < -0.3 is 20.5 Å². The van der Waals surface area contributed by atoms with Crippen LogP contribution in [-0.2, 0) is 9.53 Å². The Morgan fingerprint density at radius 3 is 2.88 bits per heavy atom. The van der Waals surface area contributed by atoms with Crippen molar-refractivity contribution in [3.05, 3.63) is 0 Å². The third-order valence-electron chi connectivity index (χ3n) is 3.33. The molecule has 1 aliphatic rings. The number of carbonyl (C=O) groups is 1. The maximum atomic E-state index is 12.0. The summed E-state index contributed by atoms with van der Waals surface area (Å²) in [6, 6.07) is -0.488. The van der Waals surface area contributed by atoms with Gasteiger partial charge in [0.25, 0.3) is 0 Å². The van der Waals surface area contributed by atoms with Crippen molar-refractivity contribution in [3.63, 3.8) is 0 Å². The summed E-state index contributed by atoms with van der Waals surface area (Å²) in [6.45, 7) is 3.60. The molecule has 1 amide bonds. The molecule has 0 saturated carbocycles. The molecule has 1 heterocycles. The zero-order valence-electron chi connectivity index (χ0n) is 10.8. The number of nitrogens with zero attached hydrogens (tertiary/aromatic N) is 1. The monoisotopic (exact) mass is 244 g/mol. The van der Waals surface area contributed by atoms with Crippen LogP contribution in [0, 0.1) is 0 Å². The fourth-order valence-corrected chi connectivity index (χ4v) is 2.09. The molecular formula is C12H24N2O3. The number of ether oxygens (including phenoxy) is 1. The van der Waals surface area contributed by atoms with Crippen LogP contribution in [0.25, 0.3) is 0 Å². The van der Waals surface area contributed by atoms with Gasteiger partial charge in [0, 0.05) is 26.8 Å². The highest BCUT2D eigenvalue weighted by Gasteiger charge is 2.28. The van der Waals surface area contributed by atoms with Gasteiger partial charge in [-0.3, -0.25) is 4.79 Å². The summed E-state index contributed by atoms with van der Waals surface area (Å²) < 4.78 is 4.92. The standard InChI is InChI=1S/C12H24N2O3/c1-12(16)5-3-7-14(8-6-12)11(15)10(13)4-9-17-2/h10,16H,3-9,13H2,1-2H3. The third-order valence-corrected chi connectivity index (χ3v) is 3.33. The van der Waals surface area contributed by atoms with Gasteiger partial charge in [-0.1, -0.05) is 0 Å². The quantitative estimate of drug-likeness (QED) is 0.736. The first kappa shape index (κ1) is 14.4. The lowest BCUT2D eigenvalue weighted by atomic mass is 9.98. The Hall–Kier alpha value is -0.650. The summed E-state index contributed by atoms with van der Waals surface area (Å²) in [7, 11) is 1.60. The molecule has 0 aromatic carbocycles. The second-order valence-corrected chi connectivity index (χ2v) is 5.06. The molecular weight excluding hydrogens is 220 g/mol. The fourth-order valence-electron chi connectivity index (χ4n) is 2.09. The Morgan fingerprint density at radius 2 is 2.24 bits per heavy atom. The summed E-state index contributed by atoms with van der Waals surface area (Å²) in [5.41, 5.74) is 5.17. The van der Waals surface area contributed by atoms with Crippen molar-refractivity contribution in [1.29, 1.82) is 0 Å². The fraction of sp³-hybridized carbons (Fsp3) is 0.917. The van der Waals surface area contributed by atoms with Crippen LogP contribution in [0.5, 0.6) is 0 Å². The van der Waals surface area contributed by atoms with Gasteiger partial charge >= 0.3 is 0 Å². The molecule has 0 aromatic rings. The van der Waals surface area contributed by atoms with E-state index in [1.54, 1.807) is 12.0 Å². The second-order valence-electron chi connectivity index (χ2n) is 5.06. The smallest absolute Gasteiger partial charge is 0.239 e. The van der Waals surface area contributed by atoms with E-state index in [1.165, 1.54) is 0 Å². The van der Waals surface area contributed by atoms with Crippen molar-refractivity contribution >= 4 is 5.91 Å². The molecule has 2 atom stereocenters. The number of likely N-dealkylation sites (tertiary alicyclic amines) is 1. The van der Waals surface area contributed by atoms with Crippen molar-refractivity contribution in [2.75, 3.05) is 26.8 Å². The average Bonchev–Trinajstić information content (AvgIpc) is 2.46. The first-order valence-electron chi connectivity index (χ1n) is 6.22. The Kier molecular flexibility index (Phi) is 5.36. The second kappa shape index (κ2) is 6.33. The van der Waals surface area contributed by atoms with Gasteiger partial charge in [0.2, 0.25) is 5.91 Å². The Morgan fingerprint density at radius 1 is 1.53 bits per heavy atom. The minimum absolute atomic E-state index is 0.0280. The highest BCUT2D eigenvalue weighted by Crippen LogP contribution is 2.21. The maximum absolute atomic E-state index is 12.0. The molecule has 1 aliphatic heterocycles. The topological polar surface area (TPSA) is 75.8 Å². The van der Waals surface area contributed by atoms with Gasteiger partial charge in [-0.15, -0.1) is 0 Å². The van der Waals surface area contributed by atoms with Gasteiger partial charge in [-0.25, -0.2) is 0 Å². The van der Waals surface area contributed by atoms with E-state index in [2.05, 4.69) is 0 Å². The predicted octanol–water partition coefficient (Wildman–Crippen LogP) is 0.114. The third kappa shape index (κ3) is 4.61. The molecule has 2 unspecified atom stereocenters. The molecule has 1 saturated heterocycles. The van der Waals surface area contributed by atoms with Crippen LogP contribution in [0.1, 0.15) is 32.6 Å². The number of amides is 1. The highest BCUT2D eigenvalue weighted by atomic mass is 16.5. The molecule has 0 spiro atoms. The van der Waals surface area contributed by atoms with Gasteiger partial charge in [0.15, 0.2) is 0 Å². The van der Waals surface area contributed by atoms with E-state index in [4.69, 9.17) is 10.5 Å². The molecule has 17 heavy (non-hydrogen) atoms. The summed E-state index contributed by atoms with van der Waals surface area (Å²) in [5, 5.41) is 9.94. The van der Waals surface area contributed by atoms with Gasteiger partial charge in [-0.05, 0) is 32.6 Å². The zero-order chi connectivity index (χ0) is 12.9. The number of methoxy groups -OCH3 is 1. The van der Waals surface area contributed by atoms with Crippen LogP contribution in [0.15, 0.2) is 0 Å². The Bertz CT molecular complexity index is 256. The minimum atomic E-state index is -0.647. The predicted molar refractivity (Wildman–Crippen MR) is 65.5 cm³/mol. The summed E-state index contributed by atoms with van der Waals surface area (Å²) >= 11 is 0. The molecule has 0 aliphatic carbocycles. The van der Waals surface area contributed by atoms with Crippen molar-refractivity contribution in [3.8, 4) is 0 Å². The van der Waals surface area contributed by atoms with Crippen LogP contribution in [0.3, 0.4) is 0 Å². The number of rotatable bonds is 4. The first-order valence-corrected chi connectivity index (χ1v) is 6.22. The molecule has 3 N–H and O–H groups in total. The minimum Gasteiger partial charge on any atom is -0.390 e. The molecule has 1 rings (SSSR count). The molecule has 5 heteroatoms. The van der Waals surface area contributed by atoms with E-state index in [1.807, 2.05) is 6.92 Å². The van der Waals surface area contributed by atoms with E-state index < -0.39 is 11.6 Å². The Balaban J connectivity index is 2.46. The molecule has 1 fully saturated rings. The van der Waals surface area contributed by atoms with E-state index in [0.717, 1.165) is 12.8 Å². The van der Waals surface area contributed by atoms with E-state index >= 15 is 0 Å². The highest BCUT2D eigenvalue weighted by molar-refractivity contribution is 5.81. The lowest BCUT2D eigenvalue weighted by Gasteiger charge is -2.25. The number of hydrogen-bond donors (Lipinski definition) is 2. The van der Waals surface area contributed by atoms with Crippen molar-refractivity contribution < 1.29 is 14.6 Å². The largest absolute Gasteiger partial charge is 0.390 e. The lowest BCUT2D eigenvalue weighted by Crippen LogP contribution is -2.45. The molecule has 0 bridgehead atoms. The van der Waals surface area contributed by atoms with Crippen LogP contribution < -0.4 is 5.73 Å². The van der Waals surface area contributed by atoms with Gasteiger partial charge in [0.1, 0.15) is 0 Å². The molecule has 100 valence electrons. The molecule has 5 nitrogen and oxygen atoms in total. The summed E-state index contributed by atoms with van der Waals surface area (Å²) in [6.07, 6.45) is 2.73. The van der Waals surface area contributed by atoms with E-state index in [0.29, 0.717) is 32.5 Å². The van der Waals surface area contributed by atoms with Crippen molar-refractivity contribution in [2.45, 2.75) is 44.2 Å². The average molecular weight is 244 g/mol. The van der Waals surface area contributed by atoms with Crippen molar-refractivity contribution in [1.82, 2.24) is 4.90 Å². The van der Waals surface area contributed by atoms with Crippen LogP contribution >= 0.6 is 0 Å². The van der Waals surface area contributed by atoms with Crippen LogP contribution in [0.4, 0.5) is 0 Å². The molecule has 0 aromatic heterocycles. The lowest BCUT2D eigenvalue weighted by molar-refractivity contribution is -0.133. The number of hydrogen-bond acceptors (Lipinski definition) is 4. The molecule has 0 radical (unpaired) electrons. The number of aliphatic hydroxyl groups is 1. The van der Waals surface area contributed by atoms with E-state index in [9.17, 15) is 9.90 Å². The maximum Gasteiger partial charge on any atom is 0.239 e. The summed E-state index contributed by atoms with van der Waals surface area (Å²) in [5.74, 6) is -0.0280. The normalized spacial score (nSPS) is 27.6. The van der Waals surface area contributed by atoms with Gasteiger partial charge in [0.05, 0.1) is 11.6 Å². The zero-order valence-corrected chi connectivity index (χ0v) is 10.8. The van der Waals surface area contributed by atoms with Crippen molar-refractivity contribution in [2.24, 2.45) is 5.73 Å².